The second kappa shape index (κ2) is 3.99. The van der Waals surface area contributed by atoms with E-state index in [0.717, 1.165) is 5.56 Å². The molecular formula is C11H10ClN5O. The van der Waals surface area contributed by atoms with Crippen molar-refractivity contribution in [1.82, 2.24) is 14.8 Å². The fourth-order valence-electron chi connectivity index (χ4n) is 1.86. The summed E-state index contributed by atoms with van der Waals surface area (Å²) in [6.07, 6.45) is 3.35. The maximum Gasteiger partial charge on any atom is 0.329 e. The number of pyridine rings is 1. The van der Waals surface area contributed by atoms with Gasteiger partial charge < -0.3 is 0 Å². The van der Waals surface area contributed by atoms with Crippen molar-refractivity contribution >= 4 is 29.3 Å². The number of nitrogens with one attached hydrogen (secondary N) is 1. The number of amides is 2. The van der Waals surface area contributed by atoms with Crippen LogP contribution in [0.4, 0.5) is 16.4 Å². The highest BCUT2D eigenvalue weighted by Gasteiger charge is 2.27. The van der Waals surface area contributed by atoms with Crippen molar-refractivity contribution in [1.29, 1.82) is 0 Å². The summed E-state index contributed by atoms with van der Waals surface area (Å²) in [5.74, 6) is 1.10. The molecule has 0 aromatic carbocycles. The molecule has 1 aliphatic heterocycles. The predicted octanol–water partition coefficient (Wildman–Crippen LogP) is 2.02. The number of halogens is 1. The van der Waals surface area contributed by atoms with Gasteiger partial charge in [-0.05, 0) is 6.07 Å². The fourth-order valence-corrected chi connectivity index (χ4v) is 2.06. The molecule has 1 N–H and O–H groups in total. The van der Waals surface area contributed by atoms with Crippen molar-refractivity contribution in [2.75, 3.05) is 10.2 Å². The minimum Gasteiger partial charge on any atom is -0.292 e. The van der Waals surface area contributed by atoms with Crippen LogP contribution < -0.4 is 10.2 Å². The molecule has 0 saturated heterocycles. The minimum atomic E-state index is -0.254. The maximum absolute atomic E-state index is 12.0. The third-order valence-corrected chi connectivity index (χ3v) is 3.12. The summed E-state index contributed by atoms with van der Waals surface area (Å²) in [7, 11) is 1.80. The number of aryl methyl sites for hydroxylation is 1. The molecule has 1 aliphatic rings. The molecule has 2 amide bonds. The van der Waals surface area contributed by atoms with Crippen LogP contribution in [0.1, 0.15) is 5.56 Å². The zero-order valence-corrected chi connectivity index (χ0v) is 10.3. The number of carbonyl (C=O) groups excluding carboxylic acids is 1. The maximum atomic E-state index is 12.0. The number of nitrogens with zero attached hydrogens (tertiary/aromatic N) is 4. The van der Waals surface area contributed by atoms with E-state index in [-0.39, 0.29) is 6.03 Å². The van der Waals surface area contributed by atoms with Crippen LogP contribution in [0.15, 0.2) is 24.5 Å². The Kier molecular flexibility index (Phi) is 2.45. The number of carbonyl (C=O) groups is 1. The largest absolute Gasteiger partial charge is 0.329 e. The summed E-state index contributed by atoms with van der Waals surface area (Å²) < 4.78 is 1.64. The fraction of sp³-hybridized carbons (Fsp3) is 0.182. The SMILES string of the molecule is Cn1ccc(N2Cc3c(Cl)ccnc3NC2=O)n1. The van der Waals surface area contributed by atoms with Gasteiger partial charge >= 0.3 is 6.03 Å². The lowest BCUT2D eigenvalue weighted by molar-refractivity contribution is 0.255. The van der Waals surface area contributed by atoms with E-state index in [9.17, 15) is 4.79 Å². The standard InChI is InChI=1S/C11H10ClN5O/c1-16-5-3-9(15-16)17-6-7-8(12)2-4-13-10(7)14-11(17)18/h2-5H,6H2,1H3,(H,13,14,18). The first-order chi connectivity index (χ1) is 8.65. The summed E-state index contributed by atoms with van der Waals surface area (Å²) in [5.41, 5.74) is 0.796. The van der Waals surface area contributed by atoms with Gasteiger partial charge in [0.1, 0.15) is 5.82 Å². The van der Waals surface area contributed by atoms with Crippen LogP contribution in [-0.4, -0.2) is 20.8 Å². The molecule has 0 fully saturated rings. The van der Waals surface area contributed by atoms with E-state index in [1.165, 1.54) is 4.90 Å². The van der Waals surface area contributed by atoms with Crippen LogP contribution >= 0.6 is 11.6 Å². The Balaban J connectivity index is 2.01. The summed E-state index contributed by atoms with van der Waals surface area (Å²) >= 11 is 6.10. The molecule has 3 heterocycles. The Morgan fingerprint density at radius 2 is 2.28 bits per heavy atom. The van der Waals surface area contributed by atoms with E-state index >= 15 is 0 Å². The van der Waals surface area contributed by atoms with Crippen molar-refractivity contribution in [3.8, 4) is 0 Å². The molecule has 2 aromatic rings. The molecule has 0 saturated carbocycles. The number of hydrogen-bond donors (Lipinski definition) is 1. The first kappa shape index (κ1) is 11.0. The molecule has 0 radical (unpaired) electrons. The number of hydrogen-bond acceptors (Lipinski definition) is 3. The quantitative estimate of drug-likeness (QED) is 0.856. The number of urea groups is 1. The van der Waals surface area contributed by atoms with E-state index in [4.69, 9.17) is 11.6 Å². The highest BCUT2D eigenvalue weighted by Crippen LogP contribution is 2.29. The summed E-state index contributed by atoms with van der Waals surface area (Å²) in [6, 6.07) is 3.22. The molecule has 0 bridgehead atoms. The summed E-state index contributed by atoms with van der Waals surface area (Å²) in [6.45, 7) is 0.366. The Morgan fingerprint density at radius 1 is 1.44 bits per heavy atom. The molecule has 3 rings (SSSR count). The Bertz CT molecular complexity index is 624. The van der Waals surface area contributed by atoms with Crippen LogP contribution in [0.2, 0.25) is 5.02 Å². The molecule has 7 heteroatoms. The van der Waals surface area contributed by atoms with E-state index < -0.39 is 0 Å². The lowest BCUT2D eigenvalue weighted by Gasteiger charge is -2.27. The number of fused-ring (bicyclic) bond motifs is 1. The zero-order valence-electron chi connectivity index (χ0n) is 9.59. The second-order valence-corrected chi connectivity index (χ2v) is 4.39. The number of anilines is 2. The summed E-state index contributed by atoms with van der Waals surface area (Å²) in [4.78, 5) is 17.6. The van der Waals surface area contributed by atoms with Crippen LogP contribution in [0, 0.1) is 0 Å². The van der Waals surface area contributed by atoms with E-state index in [1.54, 1.807) is 36.3 Å². The predicted molar refractivity (Wildman–Crippen MR) is 67.7 cm³/mol. The first-order valence-electron chi connectivity index (χ1n) is 5.36. The molecule has 0 aliphatic carbocycles. The summed E-state index contributed by atoms with van der Waals surface area (Å²) in [5, 5.41) is 7.49. The monoisotopic (exact) mass is 263 g/mol. The van der Waals surface area contributed by atoms with Crippen molar-refractivity contribution < 1.29 is 4.79 Å². The first-order valence-corrected chi connectivity index (χ1v) is 5.74. The van der Waals surface area contributed by atoms with Gasteiger partial charge in [0.15, 0.2) is 5.82 Å². The van der Waals surface area contributed by atoms with Gasteiger partial charge in [0, 0.05) is 31.1 Å². The molecule has 2 aromatic heterocycles. The lowest BCUT2D eigenvalue weighted by atomic mass is 10.2. The van der Waals surface area contributed by atoms with Gasteiger partial charge in [-0.3, -0.25) is 14.9 Å². The van der Waals surface area contributed by atoms with Crippen molar-refractivity contribution in [3.63, 3.8) is 0 Å². The smallest absolute Gasteiger partial charge is 0.292 e. The molecule has 0 spiro atoms. The number of aromatic nitrogens is 3. The zero-order chi connectivity index (χ0) is 12.7. The van der Waals surface area contributed by atoms with Crippen LogP contribution in [0.3, 0.4) is 0 Å². The molecule has 0 atom stereocenters. The normalized spacial score (nSPS) is 14.3. The van der Waals surface area contributed by atoms with E-state index in [1.807, 2.05) is 0 Å². The average Bonchev–Trinajstić information content (AvgIpc) is 2.75. The van der Waals surface area contributed by atoms with Gasteiger partial charge in [0.2, 0.25) is 0 Å². The third-order valence-electron chi connectivity index (χ3n) is 2.76. The molecular weight excluding hydrogens is 254 g/mol. The van der Waals surface area contributed by atoms with Crippen LogP contribution in [0.5, 0.6) is 0 Å². The molecule has 0 unspecified atom stereocenters. The minimum absolute atomic E-state index is 0.254. The van der Waals surface area contributed by atoms with E-state index in [2.05, 4.69) is 15.4 Å². The van der Waals surface area contributed by atoms with Crippen molar-refractivity contribution in [2.24, 2.45) is 7.05 Å². The van der Waals surface area contributed by atoms with Crippen LogP contribution in [-0.2, 0) is 13.6 Å². The van der Waals surface area contributed by atoms with Gasteiger partial charge in [0.05, 0.1) is 11.6 Å². The molecule has 92 valence electrons. The lowest BCUT2D eigenvalue weighted by Crippen LogP contribution is -2.39. The van der Waals surface area contributed by atoms with Crippen molar-refractivity contribution in [2.45, 2.75) is 6.54 Å². The van der Waals surface area contributed by atoms with Crippen LogP contribution in [0.25, 0.3) is 0 Å². The number of rotatable bonds is 1. The topological polar surface area (TPSA) is 63.1 Å². The Morgan fingerprint density at radius 3 is 3.00 bits per heavy atom. The Labute approximate surface area is 108 Å². The van der Waals surface area contributed by atoms with E-state index in [0.29, 0.717) is 23.2 Å². The third kappa shape index (κ3) is 1.70. The molecule has 6 nitrogen and oxygen atoms in total. The highest BCUT2D eigenvalue weighted by molar-refractivity contribution is 6.32. The van der Waals surface area contributed by atoms with Gasteiger partial charge in [-0.2, -0.15) is 5.10 Å². The van der Waals surface area contributed by atoms with Gasteiger partial charge in [0.25, 0.3) is 0 Å². The average molecular weight is 264 g/mol. The molecule has 18 heavy (non-hydrogen) atoms. The van der Waals surface area contributed by atoms with Gasteiger partial charge in [-0.1, -0.05) is 11.6 Å². The highest BCUT2D eigenvalue weighted by atomic mass is 35.5. The Hall–Kier alpha value is -2.08. The van der Waals surface area contributed by atoms with Gasteiger partial charge in [-0.15, -0.1) is 0 Å². The van der Waals surface area contributed by atoms with Gasteiger partial charge in [-0.25, -0.2) is 9.78 Å². The second-order valence-electron chi connectivity index (χ2n) is 3.98. The van der Waals surface area contributed by atoms with Crippen molar-refractivity contribution in [3.05, 3.63) is 35.1 Å².